The van der Waals surface area contributed by atoms with E-state index in [1.165, 1.54) is 18.3 Å². The summed E-state index contributed by atoms with van der Waals surface area (Å²) in [5.74, 6) is -0.591. The molecule has 1 aromatic rings. The summed E-state index contributed by atoms with van der Waals surface area (Å²) in [5, 5.41) is 0.173. The summed E-state index contributed by atoms with van der Waals surface area (Å²) in [7, 11) is 0. The second-order valence-corrected chi connectivity index (χ2v) is 6.62. The van der Waals surface area contributed by atoms with Crippen molar-refractivity contribution in [2.24, 2.45) is 10.7 Å². The van der Waals surface area contributed by atoms with Gasteiger partial charge in [-0.15, -0.1) is 0 Å². The molecular formula is C17H18ClF3N4O. The first-order valence-corrected chi connectivity index (χ1v) is 8.55. The lowest BCUT2D eigenvalue weighted by molar-refractivity contribution is -0.137. The highest BCUT2D eigenvalue weighted by molar-refractivity contribution is 6.64. The molecule has 0 aromatic heterocycles. The first kappa shape index (κ1) is 18.7. The van der Waals surface area contributed by atoms with Crippen molar-refractivity contribution in [2.45, 2.75) is 31.7 Å². The molecule has 2 aliphatic heterocycles. The quantitative estimate of drug-likeness (QED) is 0.809. The molecule has 0 spiro atoms. The van der Waals surface area contributed by atoms with Gasteiger partial charge in [0.15, 0.2) is 5.29 Å². The molecule has 140 valence electrons. The second-order valence-electron chi connectivity index (χ2n) is 6.29. The van der Waals surface area contributed by atoms with Gasteiger partial charge in [0.25, 0.3) is 0 Å². The van der Waals surface area contributed by atoms with Crippen molar-refractivity contribution in [3.63, 3.8) is 0 Å². The van der Waals surface area contributed by atoms with E-state index >= 15 is 0 Å². The SMILES string of the molecule is NC(=O)C1=CN=C(Cl)N(Cc2ccc(C(F)(F)F)cc2)C1N1CCCC1. The number of amides is 1. The molecular weight excluding hydrogens is 369 g/mol. The molecule has 0 radical (unpaired) electrons. The molecule has 1 fully saturated rings. The molecule has 1 amide bonds. The van der Waals surface area contributed by atoms with Gasteiger partial charge in [0.1, 0.15) is 6.17 Å². The van der Waals surface area contributed by atoms with E-state index in [1.807, 2.05) is 0 Å². The molecule has 2 N–H and O–H groups in total. The van der Waals surface area contributed by atoms with E-state index in [2.05, 4.69) is 9.89 Å². The summed E-state index contributed by atoms with van der Waals surface area (Å²) < 4.78 is 38.2. The fourth-order valence-electron chi connectivity index (χ4n) is 3.25. The average molecular weight is 387 g/mol. The number of halogens is 4. The van der Waals surface area contributed by atoms with Crippen LogP contribution in [0.5, 0.6) is 0 Å². The van der Waals surface area contributed by atoms with Crippen LogP contribution >= 0.6 is 11.6 Å². The number of rotatable bonds is 4. The Labute approximate surface area is 153 Å². The monoisotopic (exact) mass is 386 g/mol. The van der Waals surface area contributed by atoms with Crippen molar-refractivity contribution in [1.29, 1.82) is 0 Å². The first-order valence-electron chi connectivity index (χ1n) is 8.17. The van der Waals surface area contributed by atoms with E-state index in [1.54, 1.807) is 4.90 Å². The van der Waals surface area contributed by atoms with Crippen molar-refractivity contribution in [2.75, 3.05) is 13.1 Å². The van der Waals surface area contributed by atoms with Gasteiger partial charge >= 0.3 is 6.18 Å². The maximum absolute atomic E-state index is 12.7. The topological polar surface area (TPSA) is 61.9 Å². The van der Waals surface area contributed by atoms with Crippen LogP contribution in [-0.2, 0) is 17.5 Å². The normalized spacial score (nSPS) is 21.5. The molecule has 9 heteroatoms. The van der Waals surface area contributed by atoms with Crippen molar-refractivity contribution < 1.29 is 18.0 Å². The first-order chi connectivity index (χ1) is 12.3. The van der Waals surface area contributed by atoms with Crippen LogP contribution in [-0.4, -0.2) is 40.3 Å². The van der Waals surface area contributed by atoms with Crippen molar-refractivity contribution in [3.05, 3.63) is 47.2 Å². The highest BCUT2D eigenvalue weighted by Crippen LogP contribution is 2.30. The van der Waals surface area contributed by atoms with E-state index in [4.69, 9.17) is 17.3 Å². The molecule has 0 saturated carbocycles. The molecule has 1 atom stereocenters. The maximum atomic E-state index is 12.7. The summed E-state index contributed by atoms with van der Waals surface area (Å²) in [5.41, 5.74) is 5.73. The molecule has 1 unspecified atom stereocenters. The minimum Gasteiger partial charge on any atom is -0.366 e. The van der Waals surface area contributed by atoms with Crippen LogP contribution in [0.15, 0.2) is 41.0 Å². The molecule has 1 saturated heterocycles. The van der Waals surface area contributed by atoms with Crippen molar-refractivity contribution >= 4 is 22.8 Å². The Morgan fingerprint density at radius 1 is 1.23 bits per heavy atom. The molecule has 3 rings (SSSR count). The van der Waals surface area contributed by atoms with Crippen LogP contribution in [0, 0.1) is 0 Å². The summed E-state index contributed by atoms with van der Waals surface area (Å²) in [6.07, 6.45) is -1.50. The Kier molecular flexibility index (Phi) is 5.24. The van der Waals surface area contributed by atoms with Crippen LogP contribution in [0.2, 0.25) is 0 Å². The molecule has 0 bridgehead atoms. The Balaban J connectivity index is 1.87. The Bertz CT molecular complexity index is 739. The molecule has 26 heavy (non-hydrogen) atoms. The van der Waals surface area contributed by atoms with Crippen molar-refractivity contribution in [3.8, 4) is 0 Å². The van der Waals surface area contributed by atoms with Crippen LogP contribution < -0.4 is 5.73 Å². The van der Waals surface area contributed by atoms with Gasteiger partial charge in [-0.1, -0.05) is 12.1 Å². The number of nitrogens with two attached hydrogens (primary N) is 1. The maximum Gasteiger partial charge on any atom is 0.416 e. The van der Waals surface area contributed by atoms with Gasteiger partial charge in [0.2, 0.25) is 5.91 Å². The lowest BCUT2D eigenvalue weighted by Crippen LogP contribution is -2.53. The second kappa shape index (κ2) is 7.28. The largest absolute Gasteiger partial charge is 0.416 e. The lowest BCUT2D eigenvalue weighted by atomic mass is 10.1. The lowest BCUT2D eigenvalue weighted by Gasteiger charge is -2.40. The molecule has 5 nitrogen and oxygen atoms in total. The minimum absolute atomic E-state index is 0.173. The van der Waals surface area contributed by atoms with Gasteiger partial charge < -0.3 is 10.6 Å². The fraction of sp³-hybridized carbons (Fsp3) is 0.412. The zero-order valence-electron chi connectivity index (χ0n) is 13.8. The standard InChI is InChI=1S/C17H18ClF3N4O/c18-16-23-9-13(14(22)26)15(24-7-1-2-8-24)25(16)10-11-3-5-12(6-4-11)17(19,20)21/h3-6,9,15H,1-2,7-8,10H2,(H2,22,26). The number of amidine groups is 1. The third kappa shape index (κ3) is 3.86. The Hall–Kier alpha value is -2.06. The molecule has 0 aliphatic carbocycles. The number of primary amides is 1. The third-order valence-corrected chi connectivity index (χ3v) is 4.84. The number of alkyl halides is 3. The number of carbonyl (C=O) groups excluding carboxylic acids is 1. The van der Waals surface area contributed by atoms with Crippen molar-refractivity contribution in [1.82, 2.24) is 9.80 Å². The minimum atomic E-state index is -4.39. The van der Waals surface area contributed by atoms with E-state index in [-0.39, 0.29) is 11.8 Å². The van der Waals surface area contributed by atoms with E-state index in [9.17, 15) is 18.0 Å². The average Bonchev–Trinajstić information content (AvgIpc) is 3.10. The molecule has 2 aliphatic rings. The number of carbonyl (C=O) groups is 1. The number of hydrogen-bond acceptors (Lipinski definition) is 4. The third-order valence-electron chi connectivity index (χ3n) is 4.53. The number of aliphatic imine (C=N–C) groups is 1. The van der Waals surface area contributed by atoms with Gasteiger partial charge in [-0.2, -0.15) is 13.2 Å². The molecule has 2 heterocycles. The Morgan fingerprint density at radius 3 is 2.38 bits per heavy atom. The van der Waals surface area contributed by atoms with Crippen LogP contribution in [0.3, 0.4) is 0 Å². The van der Waals surface area contributed by atoms with Gasteiger partial charge in [-0.25, -0.2) is 4.99 Å². The van der Waals surface area contributed by atoms with Gasteiger partial charge in [0.05, 0.1) is 11.1 Å². The highest BCUT2D eigenvalue weighted by atomic mass is 35.5. The van der Waals surface area contributed by atoms with Gasteiger partial charge in [0, 0.05) is 25.8 Å². The predicted octanol–water partition coefficient (Wildman–Crippen LogP) is 2.91. The van der Waals surface area contributed by atoms with E-state index in [0.717, 1.165) is 38.1 Å². The summed E-state index contributed by atoms with van der Waals surface area (Å²) in [6, 6.07) is 4.85. The Morgan fingerprint density at radius 2 is 1.85 bits per heavy atom. The van der Waals surface area contributed by atoms with E-state index in [0.29, 0.717) is 11.1 Å². The summed E-state index contributed by atoms with van der Waals surface area (Å²) in [6.45, 7) is 1.78. The van der Waals surface area contributed by atoms with Crippen LogP contribution in [0.4, 0.5) is 13.2 Å². The summed E-state index contributed by atoms with van der Waals surface area (Å²) in [4.78, 5) is 19.6. The van der Waals surface area contributed by atoms with E-state index < -0.39 is 23.8 Å². The summed E-state index contributed by atoms with van der Waals surface area (Å²) >= 11 is 6.25. The smallest absolute Gasteiger partial charge is 0.366 e. The molecule has 1 aromatic carbocycles. The number of nitrogens with zero attached hydrogens (tertiary/aromatic N) is 3. The highest BCUT2D eigenvalue weighted by Gasteiger charge is 2.36. The van der Waals surface area contributed by atoms with Crippen LogP contribution in [0.1, 0.15) is 24.0 Å². The van der Waals surface area contributed by atoms with Gasteiger partial charge in [-0.3, -0.25) is 9.69 Å². The van der Waals surface area contributed by atoms with Gasteiger partial charge in [-0.05, 0) is 42.1 Å². The zero-order chi connectivity index (χ0) is 18.9. The fourth-order valence-corrected chi connectivity index (χ4v) is 3.45. The number of hydrogen-bond donors (Lipinski definition) is 1. The number of benzene rings is 1. The predicted molar refractivity (Wildman–Crippen MR) is 92.1 cm³/mol. The number of likely N-dealkylation sites (tertiary alicyclic amines) is 1. The zero-order valence-corrected chi connectivity index (χ0v) is 14.6. The van der Waals surface area contributed by atoms with Crippen LogP contribution in [0.25, 0.3) is 0 Å².